The second-order valence-corrected chi connectivity index (χ2v) is 11.5. The molecule has 42 heavy (non-hydrogen) atoms. The molecule has 0 bridgehead atoms. The first-order valence-electron chi connectivity index (χ1n) is 15.1. The number of carbonyl (C=O) groups is 1. The van der Waals surface area contributed by atoms with E-state index in [0.29, 0.717) is 30.8 Å². The molecule has 10 nitrogen and oxygen atoms in total. The maximum absolute atomic E-state index is 12.5. The summed E-state index contributed by atoms with van der Waals surface area (Å²) in [6, 6.07) is 18.6. The van der Waals surface area contributed by atoms with Gasteiger partial charge in [-0.05, 0) is 44.2 Å². The minimum Gasteiger partial charge on any atom is -0.473 e. The van der Waals surface area contributed by atoms with Crippen LogP contribution in [0.1, 0.15) is 36.2 Å². The molecule has 0 radical (unpaired) electrons. The third-order valence-electron chi connectivity index (χ3n) is 8.61. The maximum Gasteiger partial charge on any atom is 0.271 e. The minimum absolute atomic E-state index is 0.0394. The van der Waals surface area contributed by atoms with Gasteiger partial charge in [0.15, 0.2) is 11.5 Å². The zero-order chi connectivity index (χ0) is 28.9. The van der Waals surface area contributed by atoms with E-state index < -0.39 is 5.91 Å². The number of anilines is 3. The monoisotopic (exact) mass is 571 g/mol. The Hall–Kier alpha value is -3.73. The number of likely N-dealkylation sites (N-methyl/N-ethyl adjacent to an activating group) is 1. The summed E-state index contributed by atoms with van der Waals surface area (Å²) in [5.74, 6) is 0.00469. The molecule has 0 atom stereocenters. The summed E-state index contributed by atoms with van der Waals surface area (Å²) < 4.78 is 11.9. The molecule has 2 aromatic carbocycles. The van der Waals surface area contributed by atoms with Gasteiger partial charge in [-0.3, -0.25) is 9.69 Å². The van der Waals surface area contributed by atoms with Crippen LogP contribution in [0.3, 0.4) is 0 Å². The highest BCUT2D eigenvalue weighted by Crippen LogP contribution is 2.33. The number of nitrogens with one attached hydrogen (secondary N) is 1. The number of nitrogens with two attached hydrogens (primary N) is 1. The van der Waals surface area contributed by atoms with Gasteiger partial charge in [0.25, 0.3) is 5.91 Å². The van der Waals surface area contributed by atoms with Gasteiger partial charge < -0.3 is 30.3 Å². The van der Waals surface area contributed by atoms with Crippen LogP contribution < -0.4 is 20.7 Å². The minimum atomic E-state index is -0.653. The largest absolute Gasteiger partial charge is 0.473 e. The summed E-state index contributed by atoms with van der Waals surface area (Å²) in [7, 11) is 2.21. The van der Waals surface area contributed by atoms with Crippen molar-refractivity contribution in [1.29, 1.82) is 0 Å². The molecule has 3 saturated heterocycles. The van der Waals surface area contributed by atoms with Gasteiger partial charge in [-0.15, -0.1) is 0 Å². The van der Waals surface area contributed by atoms with Crippen molar-refractivity contribution in [1.82, 2.24) is 19.8 Å². The van der Waals surface area contributed by atoms with Gasteiger partial charge in [0, 0.05) is 75.1 Å². The molecular weight excluding hydrogens is 530 g/mol. The van der Waals surface area contributed by atoms with Crippen LogP contribution in [-0.4, -0.2) is 97.4 Å². The molecule has 0 unspecified atom stereocenters. The number of aromatic nitrogens is 2. The topological polar surface area (TPSA) is 109 Å². The van der Waals surface area contributed by atoms with Crippen LogP contribution >= 0.6 is 0 Å². The number of piperidine rings is 1. The van der Waals surface area contributed by atoms with Crippen molar-refractivity contribution < 1.29 is 14.3 Å². The number of primary amides is 1. The second-order valence-electron chi connectivity index (χ2n) is 11.5. The lowest BCUT2D eigenvalue weighted by Gasteiger charge is -2.42. The van der Waals surface area contributed by atoms with Crippen molar-refractivity contribution in [2.24, 2.45) is 5.73 Å². The number of rotatable bonds is 8. The average Bonchev–Trinajstić information content (AvgIpc) is 3.03. The highest BCUT2D eigenvalue weighted by atomic mass is 16.5. The van der Waals surface area contributed by atoms with Crippen LogP contribution in [-0.2, 0) is 4.74 Å². The van der Waals surface area contributed by atoms with E-state index in [0.717, 1.165) is 50.3 Å². The second kappa shape index (κ2) is 13.1. The number of nitrogens with zero attached hydrogens (tertiary/aromatic N) is 5. The number of amides is 1. The number of benzene rings is 2. The Balaban J connectivity index is 1.18. The predicted molar refractivity (Wildman–Crippen MR) is 164 cm³/mol. The van der Waals surface area contributed by atoms with E-state index in [9.17, 15) is 4.79 Å². The molecular formula is C32H41N7O3. The van der Waals surface area contributed by atoms with Gasteiger partial charge in [0.1, 0.15) is 11.8 Å². The lowest BCUT2D eigenvalue weighted by atomic mass is 10.0. The fourth-order valence-corrected chi connectivity index (χ4v) is 6.07. The molecule has 3 aliphatic heterocycles. The van der Waals surface area contributed by atoms with Crippen molar-refractivity contribution in [3.63, 3.8) is 0 Å². The van der Waals surface area contributed by atoms with Crippen LogP contribution in [0.5, 0.6) is 5.88 Å². The Morgan fingerprint density at radius 1 is 0.905 bits per heavy atom. The average molecular weight is 572 g/mol. The predicted octanol–water partition coefficient (Wildman–Crippen LogP) is 3.76. The smallest absolute Gasteiger partial charge is 0.271 e. The summed E-state index contributed by atoms with van der Waals surface area (Å²) in [5, 5.41) is 3.29. The Morgan fingerprint density at radius 2 is 1.60 bits per heavy atom. The van der Waals surface area contributed by atoms with E-state index in [-0.39, 0.29) is 17.6 Å². The van der Waals surface area contributed by atoms with Crippen LogP contribution in [0.4, 0.5) is 17.2 Å². The van der Waals surface area contributed by atoms with Crippen molar-refractivity contribution in [2.75, 3.05) is 69.7 Å². The fourth-order valence-electron chi connectivity index (χ4n) is 6.07. The van der Waals surface area contributed by atoms with E-state index >= 15 is 0 Å². The van der Waals surface area contributed by atoms with Crippen molar-refractivity contribution in [3.8, 4) is 17.1 Å². The molecule has 3 N–H and O–H groups in total. The van der Waals surface area contributed by atoms with Gasteiger partial charge in [0.2, 0.25) is 5.88 Å². The number of hydrogen-bond donors (Lipinski definition) is 2. The first-order chi connectivity index (χ1) is 20.5. The molecule has 222 valence electrons. The highest BCUT2D eigenvalue weighted by Gasteiger charge is 2.27. The molecule has 1 amide bonds. The first kappa shape index (κ1) is 28.4. The Bertz CT molecular complexity index is 1330. The summed E-state index contributed by atoms with van der Waals surface area (Å²) in [5.41, 5.74) is 9.16. The third-order valence-corrected chi connectivity index (χ3v) is 8.61. The molecule has 4 heterocycles. The zero-order valence-electron chi connectivity index (χ0n) is 24.4. The molecule has 3 aliphatic rings. The van der Waals surface area contributed by atoms with E-state index in [1.54, 1.807) is 0 Å². The van der Waals surface area contributed by atoms with Gasteiger partial charge >= 0.3 is 0 Å². The lowest BCUT2D eigenvalue weighted by Crippen LogP contribution is -2.52. The summed E-state index contributed by atoms with van der Waals surface area (Å²) in [6.45, 7) is 8.05. The van der Waals surface area contributed by atoms with Gasteiger partial charge in [-0.2, -0.15) is 4.98 Å². The molecule has 1 aromatic heterocycles. The van der Waals surface area contributed by atoms with E-state index in [1.165, 1.54) is 31.6 Å². The van der Waals surface area contributed by atoms with E-state index in [4.69, 9.17) is 20.2 Å². The Labute approximate surface area is 247 Å². The van der Waals surface area contributed by atoms with Gasteiger partial charge in [-0.1, -0.05) is 30.3 Å². The number of ether oxygens (including phenoxy) is 2. The third kappa shape index (κ3) is 6.67. The normalized spacial score (nSPS) is 19.5. The molecule has 3 aromatic rings. The fraction of sp³-hybridized carbons (Fsp3) is 0.469. The van der Waals surface area contributed by atoms with Gasteiger partial charge in [0.05, 0.1) is 13.2 Å². The number of hydrogen-bond acceptors (Lipinski definition) is 9. The van der Waals surface area contributed by atoms with Crippen LogP contribution in [0.25, 0.3) is 11.3 Å². The van der Waals surface area contributed by atoms with Crippen molar-refractivity contribution >= 4 is 23.1 Å². The molecule has 0 aliphatic carbocycles. The molecule has 10 heteroatoms. The molecule has 0 saturated carbocycles. The molecule has 6 rings (SSSR count). The summed E-state index contributed by atoms with van der Waals surface area (Å²) in [4.78, 5) is 29.5. The standard InChI is InChI=1S/C32H41N7O3/c1-37-17-19-39(20-18-37)26-11-15-38(16-12-26)25-9-7-24(8-10-25)34-31-29(30(33)40)35-28(23-5-3-2-4-6-23)32(36-31)42-27-13-21-41-22-14-27/h2-10,26-27H,11-22H2,1H3,(H2,33,40)(H,34,36). The van der Waals surface area contributed by atoms with Crippen LogP contribution in [0, 0.1) is 0 Å². The van der Waals surface area contributed by atoms with Gasteiger partial charge in [-0.25, -0.2) is 4.98 Å². The Kier molecular flexibility index (Phi) is 8.83. The number of piperazine rings is 1. The van der Waals surface area contributed by atoms with Crippen molar-refractivity contribution in [3.05, 3.63) is 60.3 Å². The van der Waals surface area contributed by atoms with E-state index in [2.05, 4.69) is 44.2 Å². The SMILES string of the molecule is CN1CCN(C2CCN(c3ccc(Nc4nc(OC5CCOCC5)c(-c5ccccc5)nc4C(N)=O)cc3)CC2)CC1. The van der Waals surface area contributed by atoms with Crippen molar-refractivity contribution in [2.45, 2.75) is 37.8 Å². The van der Waals surface area contributed by atoms with Crippen LogP contribution in [0.2, 0.25) is 0 Å². The first-order valence-corrected chi connectivity index (χ1v) is 15.1. The van der Waals surface area contributed by atoms with Crippen LogP contribution in [0.15, 0.2) is 54.6 Å². The summed E-state index contributed by atoms with van der Waals surface area (Å²) in [6.07, 6.45) is 3.87. The maximum atomic E-state index is 12.5. The Morgan fingerprint density at radius 3 is 2.26 bits per heavy atom. The molecule has 0 spiro atoms. The highest BCUT2D eigenvalue weighted by molar-refractivity contribution is 5.97. The summed E-state index contributed by atoms with van der Waals surface area (Å²) >= 11 is 0. The lowest BCUT2D eigenvalue weighted by molar-refractivity contribution is 0.0239. The molecule has 3 fully saturated rings. The zero-order valence-corrected chi connectivity index (χ0v) is 24.4. The quantitative estimate of drug-likeness (QED) is 0.418. The van der Waals surface area contributed by atoms with E-state index in [1.807, 2.05) is 42.5 Å². The number of carbonyl (C=O) groups excluding carboxylic acids is 1.